The molecule has 18 heavy (non-hydrogen) atoms. The van der Waals surface area contributed by atoms with Crippen molar-refractivity contribution < 1.29 is 13.2 Å². The van der Waals surface area contributed by atoms with Gasteiger partial charge in [0.1, 0.15) is 5.75 Å². The van der Waals surface area contributed by atoms with Gasteiger partial charge in [0, 0.05) is 5.69 Å². The van der Waals surface area contributed by atoms with E-state index in [-0.39, 0.29) is 9.79 Å². The van der Waals surface area contributed by atoms with Crippen molar-refractivity contribution in [1.82, 2.24) is 0 Å². The molecule has 2 N–H and O–H groups in total. The minimum absolute atomic E-state index is 0.224. The minimum Gasteiger partial charge on any atom is -0.497 e. The van der Waals surface area contributed by atoms with Gasteiger partial charge >= 0.3 is 0 Å². The molecule has 0 saturated heterocycles. The summed E-state index contributed by atoms with van der Waals surface area (Å²) in [6.45, 7) is 0. The summed E-state index contributed by atoms with van der Waals surface area (Å²) in [5.74, 6) is 0.617. The highest BCUT2D eigenvalue weighted by Crippen LogP contribution is 2.23. The van der Waals surface area contributed by atoms with Crippen LogP contribution in [0.2, 0.25) is 0 Å². The van der Waals surface area contributed by atoms with Crippen LogP contribution in [-0.4, -0.2) is 15.5 Å². The van der Waals surface area contributed by atoms with Gasteiger partial charge in [0.2, 0.25) is 9.84 Å². The van der Waals surface area contributed by atoms with Crippen LogP contribution in [0.1, 0.15) is 0 Å². The van der Waals surface area contributed by atoms with Crippen LogP contribution in [-0.2, 0) is 9.84 Å². The van der Waals surface area contributed by atoms with E-state index in [0.29, 0.717) is 11.4 Å². The number of methoxy groups -OCH3 is 1. The minimum atomic E-state index is -3.49. The maximum absolute atomic E-state index is 12.3. The summed E-state index contributed by atoms with van der Waals surface area (Å²) < 4.78 is 29.5. The number of nitrogens with two attached hydrogens (primary N) is 1. The molecular weight excluding hydrogens is 250 g/mol. The van der Waals surface area contributed by atoms with Gasteiger partial charge in [0.15, 0.2) is 0 Å². The van der Waals surface area contributed by atoms with Crippen LogP contribution in [0, 0.1) is 0 Å². The van der Waals surface area contributed by atoms with Gasteiger partial charge in [-0.25, -0.2) is 8.42 Å². The van der Waals surface area contributed by atoms with Crippen molar-refractivity contribution in [2.45, 2.75) is 9.79 Å². The van der Waals surface area contributed by atoms with E-state index in [1.807, 2.05) is 0 Å². The third-order valence-corrected chi connectivity index (χ3v) is 4.35. The van der Waals surface area contributed by atoms with Crippen molar-refractivity contribution in [3.05, 3.63) is 48.5 Å². The average molecular weight is 263 g/mol. The number of hydrogen-bond acceptors (Lipinski definition) is 4. The predicted octanol–water partition coefficient (Wildman–Crippen LogP) is 2.11. The zero-order chi connectivity index (χ0) is 13.2. The molecule has 2 rings (SSSR count). The number of nitrogen functional groups attached to an aromatic ring is 1. The highest BCUT2D eigenvalue weighted by atomic mass is 32.2. The van der Waals surface area contributed by atoms with Gasteiger partial charge in [-0.15, -0.1) is 0 Å². The molecular formula is C13H13NO3S. The number of hydrogen-bond donors (Lipinski definition) is 1. The summed E-state index contributed by atoms with van der Waals surface area (Å²) in [7, 11) is -1.96. The Morgan fingerprint density at radius 3 is 1.78 bits per heavy atom. The van der Waals surface area contributed by atoms with Gasteiger partial charge in [-0.05, 0) is 48.5 Å². The second-order valence-corrected chi connectivity index (χ2v) is 5.70. The van der Waals surface area contributed by atoms with Gasteiger partial charge in [-0.2, -0.15) is 0 Å². The molecule has 4 nitrogen and oxygen atoms in total. The van der Waals surface area contributed by atoms with Crippen LogP contribution in [0.15, 0.2) is 58.3 Å². The normalized spacial score (nSPS) is 11.2. The highest BCUT2D eigenvalue weighted by molar-refractivity contribution is 7.91. The Hall–Kier alpha value is -2.01. The average Bonchev–Trinajstić information content (AvgIpc) is 2.39. The molecule has 0 fully saturated rings. The summed E-state index contributed by atoms with van der Waals surface area (Å²) in [6.07, 6.45) is 0. The summed E-state index contributed by atoms with van der Waals surface area (Å²) in [4.78, 5) is 0.454. The molecule has 0 radical (unpaired) electrons. The zero-order valence-electron chi connectivity index (χ0n) is 9.83. The van der Waals surface area contributed by atoms with Crippen molar-refractivity contribution in [2.24, 2.45) is 0 Å². The van der Waals surface area contributed by atoms with Crippen LogP contribution >= 0.6 is 0 Å². The van der Waals surface area contributed by atoms with E-state index in [1.54, 1.807) is 24.3 Å². The maximum atomic E-state index is 12.3. The number of benzene rings is 2. The molecule has 94 valence electrons. The largest absolute Gasteiger partial charge is 0.497 e. The van der Waals surface area contributed by atoms with Crippen molar-refractivity contribution in [3.63, 3.8) is 0 Å². The Kier molecular flexibility index (Phi) is 3.25. The van der Waals surface area contributed by atoms with E-state index < -0.39 is 9.84 Å². The van der Waals surface area contributed by atoms with Crippen LogP contribution < -0.4 is 10.5 Å². The molecule has 0 aliphatic rings. The first kappa shape index (κ1) is 12.4. The third kappa shape index (κ3) is 2.31. The molecule has 0 heterocycles. The fraction of sp³-hybridized carbons (Fsp3) is 0.0769. The standard InChI is InChI=1S/C13H13NO3S/c1-17-11-4-8-13(9-5-11)18(15,16)12-6-2-10(14)3-7-12/h2-9H,14H2,1H3. The molecule has 0 saturated carbocycles. The van der Waals surface area contributed by atoms with E-state index in [0.717, 1.165) is 0 Å². The summed E-state index contributed by atoms with van der Waals surface area (Å²) in [6, 6.07) is 12.4. The topological polar surface area (TPSA) is 69.4 Å². The number of rotatable bonds is 3. The molecule has 0 bridgehead atoms. The van der Waals surface area contributed by atoms with Crippen LogP contribution in [0.4, 0.5) is 5.69 Å². The summed E-state index contributed by atoms with van der Waals surface area (Å²) in [5, 5.41) is 0. The van der Waals surface area contributed by atoms with Crippen molar-refractivity contribution in [1.29, 1.82) is 0 Å². The molecule has 0 aliphatic carbocycles. The molecule has 0 spiro atoms. The Balaban J connectivity index is 2.44. The first-order valence-electron chi connectivity index (χ1n) is 5.29. The molecule has 5 heteroatoms. The summed E-state index contributed by atoms with van der Waals surface area (Å²) in [5.41, 5.74) is 6.07. The van der Waals surface area contributed by atoms with Crippen molar-refractivity contribution in [3.8, 4) is 5.75 Å². The lowest BCUT2D eigenvalue weighted by atomic mass is 10.3. The summed E-state index contributed by atoms with van der Waals surface area (Å²) >= 11 is 0. The molecule has 2 aromatic rings. The molecule has 0 unspecified atom stereocenters. The van der Waals surface area contributed by atoms with Crippen LogP contribution in [0.5, 0.6) is 5.75 Å². The second kappa shape index (κ2) is 4.70. The van der Waals surface area contributed by atoms with E-state index in [9.17, 15) is 8.42 Å². The Morgan fingerprint density at radius 1 is 0.889 bits per heavy atom. The monoisotopic (exact) mass is 263 g/mol. The first-order valence-corrected chi connectivity index (χ1v) is 6.77. The van der Waals surface area contributed by atoms with Gasteiger partial charge in [0.05, 0.1) is 16.9 Å². The van der Waals surface area contributed by atoms with Gasteiger partial charge < -0.3 is 10.5 Å². The number of anilines is 1. The third-order valence-electron chi connectivity index (χ3n) is 2.56. The van der Waals surface area contributed by atoms with Crippen LogP contribution in [0.25, 0.3) is 0 Å². The lowest BCUT2D eigenvalue weighted by Gasteiger charge is -2.06. The zero-order valence-corrected chi connectivity index (χ0v) is 10.6. The van der Waals surface area contributed by atoms with Crippen molar-refractivity contribution >= 4 is 15.5 Å². The van der Waals surface area contributed by atoms with E-state index in [1.165, 1.54) is 31.4 Å². The Labute approximate surface area is 106 Å². The molecule has 2 aromatic carbocycles. The predicted molar refractivity (Wildman–Crippen MR) is 69.3 cm³/mol. The maximum Gasteiger partial charge on any atom is 0.206 e. The van der Waals surface area contributed by atoms with Crippen LogP contribution in [0.3, 0.4) is 0 Å². The Bertz CT molecular complexity index is 631. The highest BCUT2D eigenvalue weighted by Gasteiger charge is 2.17. The van der Waals surface area contributed by atoms with Gasteiger partial charge in [-0.1, -0.05) is 0 Å². The second-order valence-electron chi connectivity index (χ2n) is 3.75. The Morgan fingerprint density at radius 2 is 1.33 bits per heavy atom. The lowest BCUT2D eigenvalue weighted by Crippen LogP contribution is -2.02. The lowest BCUT2D eigenvalue weighted by molar-refractivity contribution is 0.414. The van der Waals surface area contributed by atoms with E-state index in [4.69, 9.17) is 10.5 Å². The van der Waals surface area contributed by atoms with E-state index in [2.05, 4.69) is 0 Å². The fourth-order valence-electron chi connectivity index (χ4n) is 1.54. The van der Waals surface area contributed by atoms with E-state index >= 15 is 0 Å². The fourth-order valence-corrected chi connectivity index (χ4v) is 2.80. The smallest absolute Gasteiger partial charge is 0.206 e. The number of ether oxygens (including phenoxy) is 1. The SMILES string of the molecule is COc1ccc(S(=O)(=O)c2ccc(N)cc2)cc1. The number of sulfone groups is 1. The van der Waals surface area contributed by atoms with Crippen molar-refractivity contribution in [2.75, 3.05) is 12.8 Å². The quantitative estimate of drug-likeness (QED) is 0.861. The molecule has 0 aliphatic heterocycles. The molecule has 0 amide bonds. The van der Waals surface area contributed by atoms with Gasteiger partial charge in [-0.3, -0.25) is 0 Å². The molecule has 0 atom stereocenters. The molecule has 0 aromatic heterocycles. The van der Waals surface area contributed by atoms with Gasteiger partial charge in [0.25, 0.3) is 0 Å². The first-order chi connectivity index (χ1) is 8.54.